The molecule has 0 radical (unpaired) electrons. The SMILES string of the molecule is O=c1cc(CC[C@H]2CN(Cc3ccsc3)CCO2)nc[nH]1. The summed E-state index contributed by atoms with van der Waals surface area (Å²) < 4.78 is 5.83. The minimum absolute atomic E-state index is 0.0938. The average molecular weight is 305 g/mol. The lowest BCUT2D eigenvalue weighted by atomic mass is 10.1. The van der Waals surface area contributed by atoms with Crippen molar-refractivity contribution in [3.8, 4) is 0 Å². The highest BCUT2D eigenvalue weighted by molar-refractivity contribution is 7.07. The molecule has 3 rings (SSSR count). The Hall–Kier alpha value is -1.50. The summed E-state index contributed by atoms with van der Waals surface area (Å²) in [5.74, 6) is 0. The van der Waals surface area contributed by atoms with Crippen molar-refractivity contribution in [3.05, 3.63) is 50.8 Å². The molecule has 1 fully saturated rings. The molecule has 0 spiro atoms. The topological polar surface area (TPSA) is 58.2 Å². The van der Waals surface area contributed by atoms with Crippen molar-refractivity contribution in [2.75, 3.05) is 19.7 Å². The van der Waals surface area contributed by atoms with E-state index < -0.39 is 0 Å². The summed E-state index contributed by atoms with van der Waals surface area (Å²) in [5, 5.41) is 4.32. The van der Waals surface area contributed by atoms with E-state index in [-0.39, 0.29) is 11.7 Å². The van der Waals surface area contributed by atoms with Gasteiger partial charge in [-0.1, -0.05) is 0 Å². The van der Waals surface area contributed by atoms with Crippen LogP contribution in [0.5, 0.6) is 0 Å². The molecule has 1 atom stereocenters. The third-order valence-corrected chi connectivity index (χ3v) is 4.40. The Morgan fingerprint density at radius 3 is 3.29 bits per heavy atom. The quantitative estimate of drug-likeness (QED) is 0.913. The van der Waals surface area contributed by atoms with E-state index in [9.17, 15) is 4.79 Å². The van der Waals surface area contributed by atoms with Crippen LogP contribution < -0.4 is 5.56 Å². The Morgan fingerprint density at radius 2 is 2.48 bits per heavy atom. The van der Waals surface area contributed by atoms with Gasteiger partial charge < -0.3 is 9.72 Å². The van der Waals surface area contributed by atoms with Crippen molar-refractivity contribution < 1.29 is 4.74 Å². The molecule has 2 aromatic heterocycles. The lowest BCUT2D eigenvalue weighted by Gasteiger charge is -2.32. The Balaban J connectivity index is 1.50. The third-order valence-electron chi connectivity index (χ3n) is 3.67. The van der Waals surface area contributed by atoms with Crippen molar-refractivity contribution in [1.29, 1.82) is 0 Å². The molecule has 0 saturated carbocycles. The Morgan fingerprint density at radius 1 is 1.52 bits per heavy atom. The second-order valence-corrected chi connectivity index (χ2v) is 6.08. The number of H-pyrrole nitrogens is 1. The number of hydrogen-bond donors (Lipinski definition) is 1. The number of ether oxygens (including phenoxy) is 1. The fourth-order valence-corrected chi connectivity index (χ4v) is 3.25. The van der Waals surface area contributed by atoms with Crippen LogP contribution in [0.3, 0.4) is 0 Å². The number of aromatic amines is 1. The van der Waals surface area contributed by atoms with Crippen LogP contribution in [0, 0.1) is 0 Å². The maximum absolute atomic E-state index is 11.2. The Bertz CT molecular complexity index is 611. The molecule has 0 unspecified atom stereocenters. The van der Waals surface area contributed by atoms with Crippen molar-refractivity contribution in [3.63, 3.8) is 0 Å². The normalized spacial score (nSPS) is 19.7. The van der Waals surface area contributed by atoms with E-state index >= 15 is 0 Å². The number of hydrogen-bond acceptors (Lipinski definition) is 5. The molecule has 1 aliphatic rings. The summed E-state index contributed by atoms with van der Waals surface area (Å²) in [6.07, 6.45) is 3.36. The van der Waals surface area contributed by atoms with E-state index in [1.165, 1.54) is 11.9 Å². The van der Waals surface area contributed by atoms with Crippen LogP contribution >= 0.6 is 11.3 Å². The van der Waals surface area contributed by atoms with Gasteiger partial charge in [0, 0.05) is 31.4 Å². The van der Waals surface area contributed by atoms with Gasteiger partial charge in [-0.05, 0) is 35.2 Å². The largest absolute Gasteiger partial charge is 0.376 e. The van der Waals surface area contributed by atoms with Gasteiger partial charge in [0.15, 0.2) is 0 Å². The van der Waals surface area contributed by atoms with Gasteiger partial charge in [-0.25, -0.2) is 4.98 Å². The molecule has 21 heavy (non-hydrogen) atoms. The summed E-state index contributed by atoms with van der Waals surface area (Å²) in [7, 11) is 0. The van der Waals surface area contributed by atoms with Crippen LogP contribution in [-0.4, -0.2) is 40.7 Å². The van der Waals surface area contributed by atoms with Gasteiger partial charge >= 0.3 is 0 Å². The molecule has 0 amide bonds. The second kappa shape index (κ2) is 6.98. The highest BCUT2D eigenvalue weighted by Crippen LogP contribution is 2.15. The summed E-state index contributed by atoms with van der Waals surface area (Å²) in [5.41, 5.74) is 2.11. The predicted octanol–water partition coefficient (Wildman–Crippen LogP) is 1.67. The van der Waals surface area contributed by atoms with Crippen LogP contribution in [0.2, 0.25) is 0 Å². The van der Waals surface area contributed by atoms with Gasteiger partial charge in [0.2, 0.25) is 0 Å². The van der Waals surface area contributed by atoms with Gasteiger partial charge in [0.05, 0.1) is 19.0 Å². The van der Waals surface area contributed by atoms with Crippen molar-refractivity contribution in [1.82, 2.24) is 14.9 Å². The molecule has 0 aromatic carbocycles. The van der Waals surface area contributed by atoms with Crippen LogP contribution in [0.15, 0.2) is 34.0 Å². The number of nitrogens with zero attached hydrogens (tertiary/aromatic N) is 2. The standard InChI is InChI=1S/C15H19N3O2S/c19-15-7-13(16-11-17-15)1-2-14-9-18(4-5-20-14)8-12-3-6-21-10-12/h3,6-7,10-11,14H,1-2,4-5,8-9H2,(H,16,17,19)/t14-/m0/s1. The van der Waals surface area contributed by atoms with Crippen LogP contribution in [0.1, 0.15) is 17.7 Å². The first-order valence-corrected chi connectivity index (χ1v) is 8.12. The Kier molecular flexibility index (Phi) is 4.80. The van der Waals surface area contributed by atoms with E-state index in [0.717, 1.165) is 44.8 Å². The first kappa shape index (κ1) is 14.4. The van der Waals surface area contributed by atoms with Crippen LogP contribution in [0.4, 0.5) is 0 Å². The molecular formula is C15H19N3O2S. The zero-order valence-electron chi connectivity index (χ0n) is 11.8. The monoisotopic (exact) mass is 305 g/mol. The predicted molar refractivity (Wildman–Crippen MR) is 82.5 cm³/mol. The van der Waals surface area contributed by atoms with Crippen LogP contribution in [0.25, 0.3) is 0 Å². The molecule has 0 bridgehead atoms. The summed E-state index contributed by atoms with van der Waals surface area (Å²) in [4.78, 5) is 20.4. The van der Waals surface area contributed by atoms with Gasteiger partial charge in [0.25, 0.3) is 5.56 Å². The van der Waals surface area contributed by atoms with E-state index in [1.807, 2.05) is 0 Å². The summed E-state index contributed by atoms with van der Waals surface area (Å²) >= 11 is 1.74. The van der Waals surface area contributed by atoms with E-state index in [0.29, 0.717) is 0 Å². The van der Waals surface area contributed by atoms with Gasteiger partial charge in [0.1, 0.15) is 0 Å². The van der Waals surface area contributed by atoms with Gasteiger partial charge in [-0.2, -0.15) is 11.3 Å². The second-order valence-electron chi connectivity index (χ2n) is 5.30. The number of aromatic nitrogens is 2. The number of nitrogens with one attached hydrogen (secondary N) is 1. The van der Waals surface area contributed by atoms with E-state index in [4.69, 9.17) is 4.74 Å². The highest BCUT2D eigenvalue weighted by atomic mass is 32.1. The first-order valence-electron chi connectivity index (χ1n) is 7.18. The average Bonchev–Trinajstić information content (AvgIpc) is 2.99. The molecule has 2 aromatic rings. The number of rotatable bonds is 5. The molecule has 6 heteroatoms. The molecule has 5 nitrogen and oxygen atoms in total. The van der Waals surface area contributed by atoms with Crippen molar-refractivity contribution >= 4 is 11.3 Å². The molecule has 112 valence electrons. The fourth-order valence-electron chi connectivity index (χ4n) is 2.59. The minimum Gasteiger partial charge on any atom is -0.376 e. The van der Waals surface area contributed by atoms with Gasteiger partial charge in [-0.3, -0.25) is 9.69 Å². The number of morpholine rings is 1. The molecule has 1 aliphatic heterocycles. The zero-order chi connectivity index (χ0) is 14.5. The minimum atomic E-state index is -0.0938. The Labute approximate surface area is 127 Å². The van der Waals surface area contributed by atoms with Crippen molar-refractivity contribution in [2.24, 2.45) is 0 Å². The molecule has 1 saturated heterocycles. The third kappa shape index (κ3) is 4.23. The smallest absolute Gasteiger partial charge is 0.250 e. The lowest BCUT2D eigenvalue weighted by Crippen LogP contribution is -2.42. The molecular weight excluding hydrogens is 286 g/mol. The summed E-state index contributed by atoms with van der Waals surface area (Å²) in [6, 6.07) is 3.74. The maximum atomic E-state index is 11.2. The molecule has 3 heterocycles. The van der Waals surface area contributed by atoms with Crippen LogP contribution in [-0.2, 0) is 17.7 Å². The fraction of sp³-hybridized carbons (Fsp3) is 0.467. The maximum Gasteiger partial charge on any atom is 0.250 e. The highest BCUT2D eigenvalue weighted by Gasteiger charge is 2.20. The van der Waals surface area contributed by atoms with E-state index in [2.05, 4.69) is 31.7 Å². The summed E-state index contributed by atoms with van der Waals surface area (Å²) in [6.45, 7) is 3.69. The van der Waals surface area contributed by atoms with Crippen molar-refractivity contribution in [2.45, 2.75) is 25.5 Å². The zero-order valence-corrected chi connectivity index (χ0v) is 12.6. The van der Waals surface area contributed by atoms with E-state index in [1.54, 1.807) is 17.4 Å². The number of thiophene rings is 1. The lowest BCUT2D eigenvalue weighted by molar-refractivity contribution is -0.0346. The molecule has 0 aliphatic carbocycles. The number of aryl methyl sites for hydroxylation is 1. The molecule has 1 N–H and O–H groups in total. The first-order chi connectivity index (χ1) is 10.3. The van der Waals surface area contributed by atoms with Gasteiger partial charge in [-0.15, -0.1) is 0 Å².